The second kappa shape index (κ2) is 7.74. The van der Waals surface area contributed by atoms with Gasteiger partial charge in [-0.25, -0.2) is 8.42 Å². The third kappa shape index (κ3) is 4.17. The number of ether oxygens (including phenoxy) is 1. The van der Waals surface area contributed by atoms with Crippen LogP contribution in [0.1, 0.15) is 22.8 Å². The van der Waals surface area contributed by atoms with Gasteiger partial charge in [-0.2, -0.15) is 0 Å². The summed E-state index contributed by atoms with van der Waals surface area (Å²) in [5.74, 6) is 0.619. The van der Waals surface area contributed by atoms with Crippen molar-refractivity contribution in [3.05, 3.63) is 53.6 Å². The molecular weight excluding hydrogens is 386 g/mol. The highest BCUT2D eigenvalue weighted by atomic mass is 32.2. The molecule has 0 saturated heterocycles. The number of fused-ring (bicyclic) bond motifs is 1. The quantitative estimate of drug-likeness (QED) is 0.688. The van der Waals surface area contributed by atoms with E-state index in [0.29, 0.717) is 24.3 Å². The molecule has 1 heterocycles. The summed E-state index contributed by atoms with van der Waals surface area (Å²) >= 11 is 0.951. The minimum atomic E-state index is -3.72. The topological polar surface area (TPSA) is 80.8 Å². The molecule has 0 saturated carbocycles. The number of Topliss-reactive ketones (excluding diaryl/α,β-unsaturated/α-hetero) is 1. The van der Waals surface area contributed by atoms with E-state index in [9.17, 15) is 18.0 Å². The number of benzene rings is 2. The Morgan fingerprint density at radius 1 is 1.15 bits per heavy atom. The number of nitrogens with zero attached hydrogens (tertiary/aromatic N) is 1. The van der Waals surface area contributed by atoms with Gasteiger partial charge in [0, 0.05) is 26.0 Å². The zero-order valence-electron chi connectivity index (χ0n) is 15.0. The Hall–Kier alpha value is -2.32. The van der Waals surface area contributed by atoms with Crippen molar-refractivity contribution in [1.82, 2.24) is 0 Å². The molecule has 3 rings (SSSR count). The lowest BCUT2D eigenvalue weighted by Gasteiger charge is -2.20. The smallest absolute Gasteiger partial charge is 0.264 e. The van der Waals surface area contributed by atoms with Gasteiger partial charge < -0.3 is 4.74 Å². The Morgan fingerprint density at radius 3 is 2.52 bits per heavy atom. The minimum absolute atomic E-state index is 0.0695. The average Bonchev–Trinajstić information content (AvgIpc) is 3.13. The van der Waals surface area contributed by atoms with Crippen LogP contribution in [-0.4, -0.2) is 38.7 Å². The monoisotopic (exact) mass is 405 g/mol. The van der Waals surface area contributed by atoms with E-state index in [4.69, 9.17) is 4.74 Å². The van der Waals surface area contributed by atoms with Crippen molar-refractivity contribution in [3.63, 3.8) is 0 Å². The van der Waals surface area contributed by atoms with Gasteiger partial charge in [-0.3, -0.25) is 13.9 Å². The van der Waals surface area contributed by atoms with Crippen molar-refractivity contribution in [2.45, 2.75) is 18.2 Å². The maximum atomic E-state index is 12.9. The van der Waals surface area contributed by atoms with E-state index in [-0.39, 0.29) is 21.5 Å². The molecule has 2 aromatic rings. The van der Waals surface area contributed by atoms with Crippen molar-refractivity contribution in [2.24, 2.45) is 0 Å². The zero-order valence-corrected chi connectivity index (χ0v) is 16.6. The molecule has 6 nitrogen and oxygen atoms in total. The van der Waals surface area contributed by atoms with Crippen LogP contribution in [0, 0.1) is 0 Å². The summed E-state index contributed by atoms with van der Waals surface area (Å²) in [4.78, 5) is 23.2. The molecule has 0 N–H and O–H groups in total. The lowest BCUT2D eigenvalue weighted by atomic mass is 10.1. The molecule has 0 atom stereocenters. The maximum Gasteiger partial charge on any atom is 0.264 e. The summed E-state index contributed by atoms with van der Waals surface area (Å²) in [6, 6.07) is 11.2. The van der Waals surface area contributed by atoms with Crippen molar-refractivity contribution in [1.29, 1.82) is 0 Å². The molecule has 8 heteroatoms. The van der Waals surface area contributed by atoms with E-state index in [1.54, 1.807) is 36.4 Å². The molecule has 0 unspecified atom stereocenters. The van der Waals surface area contributed by atoms with E-state index >= 15 is 0 Å². The van der Waals surface area contributed by atoms with E-state index in [0.717, 1.165) is 23.1 Å². The number of thioether (sulfide) groups is 1. The fraction of sp³-hybridized carbons (Fsp3) is 0.263. The van der Waals surface area contributed by atoms with Crippen molar-refractivity contribution < 1.29 is 22.7 Å². The maximum absolute atomic E-state index is 12.9. The molecular formula is C19H19NO5S2. The van der Waals surface area contributed by atoms with Gasteiger partial charge in [-0.05, 0) is 48.0 Å². The van der Waals surface area contributed by atoms with Gasteiger partial charge in [-0.1, -0.05) is 11.8 Å². The molecule has 0 aliphatic carbocycles. The van der Waals surface area contributed by atoms with Gasteiger partial charge in [0.25, 0.3) is 10.0 Å². The fourth-order valence-corrected chi connectivity index (χ4v) is 4.48. The highest BCUT2D eigenvalue weighted by Gasteiger charge is 2.24. The summed E-state index contributed by atoms with van der Waals surface area (Å²) in [5.41, 5.74) is 1.77. The molecule has 0 fully saturated rings. The standard InChI is InChI=1S/C19H19NO5S2/c1-13(21)26-12-18(22)14-3-5-16(6-4-14)20(2)27(23,24)17-7-8-19-15(11-17)9-10-25-19/h3-8,11H,9-10,12H2,1-2H3. The Labute approximate surface area is 162 Å². The van der Waals surface area contributed by atoms with Crippen LogP contribution in [-0.2, 0) is 21.2 Å². The first-order chi connectivity index (χ1) is 12.8. The van der Waals surface area contributed by atoms with Crippen molar-refractivity contribution in [3.8, 4) is 5.75 Å². The molecule has 142 valence electrons. The summed E-state index contributed by atoms with van der Waals surface area (Å²) in [6.07, 6.45) is 0.692. The summed E-state index contributed by atoms with van der Waals surface area (Å²) < 4.78 is 32.4. The van der Waals surface area contributed by atoms with Gasteiger partial charge in [0.1, 0.15) is 5.75 Å². The van der Waals surface area contributed by atoms with Crippen LogP contribution in [0.25, 0.3) is 0 Å². The molecule has 0 aromatic heterocycles. The van der Waals surface area contributed by atoms with E-state index in [2.05, 4.69) is 0 Å². The van der Waals surface area contributed by atoms with E-state index in [1.165, 1.54) is 24.3 Å². The lowest BCUT2D eigenvalue weighted by Crippen LogP contribution is -2.26. The van der Waals surface area contributed by atoms with Crippen LogP contribution in [0.5, 0.6) is 5.75 Å². The highest BCUT2D eigenvalue weighted by molar-refractivity contribution is 8.14. The van der Waals surface area contributed by atoms with Crippen LogP contribution < -0.4 is 9.04 Å². The molecule has 0 spiro atoms. The van der Waals surface area contributed by atoms with E-state index < -0.39 is 10.0 Å². The Bertz CT molecular complexity index is 984. The molecule has 1 aliphatic heterocycles. The van der Waals surface area contributed by atoms with Gasteiger partial charge in [0.05, 0.1) is 22.9 Å². The zero-order chi connectivity index (χ0) is 19.6. The molecule has 1 aliphatic rings. The number of carbonyl (C=O) groups is 2. The summed E-state index contributed by atoms with van der Waals surface area (Å²) in [5, 5.41) is -0.120. The van der Waals surface area contributed by atoms with Crippen molar-refractivity contribution in [2.75, 3.05) is 23.7 Å². The number of hydrogen-bond acceptors (Lipinski definition) is 6. The van der Waals surface area contributed by atoms with Crippen LogP contribution in [0.4, 0.5) is 5.69 Å². The second-order valence-corrected chi connectivity index (χ2v) is 9.21. The lowest BCUT2D eigenvalue weighted by molar-refractivity contribution is -0.109. The third-order valence-electron chi connectivity index (χ3n) is 4.28. The largest absolute Gasteiger partial charge is 0.493 e. The number of rotatable bonds is 6. The van der Waals surface area contributed by atoms with E-state index in [1.807, 2.05) is 0 Å². The first-order valence-electron chi connectivity index (χ1n) is 8.30. The number of hydrogen-bond donors (Lipinski definition) is 0. The summed E-state index contributed by atoms with van der Waals surface area (Å²) in [6.45, 7) is 1.97. The van der Waals surface area contributed by atoms with Gasteiger partial charge in [0.2, 0.25) is 0 Å². The highest BCUT2D eigenvalue weighted by Crippen LogP contribution is 2.30. The Balaban J connectivity index is 1.79. The molecule has 0 bridgehead atoms. The normalized spacial score (nSPS) is 13.0. The predicted molar refractivity (Wildman–Crippen MR) is 105 cm³/mol. The molecule has 2 aromatic carbocycles. The van der Waals surface area contributed by atoms with Gasteiger partial charge in [-0.15, -0.1) is 0 Å². The minimum Gasteiger partial charge on any atom is -0.493 e. The Morgan fingerprint density at radius 2 is 1.85 bits per heavy atom. The van der Waals surface area contributed by atoms with Crippen LogP contribution in [0.15, 0.2) is 47.4 Å². The molecule has 27 heavy (non-hydrogen) atoms. The average molecular weight is 405 g/mol. The number of carbonyl (C=O) groups excluding carboxylic acids is 2. The first kappa shape index (κ1) is 19.4. The SMILES string of the molecule is CC(=O)SCC(=O)c1ccc(N(C)S(=O)(=O)c2ccc3c(c2)CCO3)cc1. The molecule has 0 amide bonds. The third-order valence-corrected chi connectivity index (χ3v) is 6.87. The summed E-state index contributed by atoms with van der Waals surface area (Å²) in [7, 11) is -2.25. The number of anilines is 1. The second-order valence-electron chi connectivity index (χ2n) is 6.09. The predicted octanol–water partition coefficient (Wildman–Crippen LogP) is 2.91. The van der Waals surface area contributed by atoms with Crippen molar-refractivity contribution >= 4 is 38.4 Å². The number of sulfonamides is 1. The van der Waals surface area contributed by atoms with Crippen LogP contribution in [0.2, 0.25) is 0 Å². The number of ketones is 1. The van der Waals surface area contributed by atoms with Crippen LogP contribution in [0.3, 0.4) is 0 Å². The molecule has 0 radical (unpaired) electrons. The first-order valence-corrected chi connectivity index (χ1v) is 10.7. The van der Waals surface area contributed by atoms with Gasteiger partial charge in [0.15, 0.2) is 10.9 Å². The van der Waals surface area contributed by atoms with Gasteiger partial charge >= 0.3 is 0 Å². The van der Waals surface area contributed by atoms with Crippen LogP contribution >= 0.6 is 11.8 Å². The Kier molecular flexibility index (Phi) is 5.57. The fourth-order valence-electron chi connectivity index (χ4n) is 2.73.